The number of carbonyl (C=O) groups excluding carboxylic acids is 2. The van der Waals surface area contributed by atoms with E-state index < -0.39 is 18.2 Å². The van der Waals surface area contributed by atoms with Gasteiger partial charge >= 0.3 is 11.9 Å². The second-order valence-corrected chi connectivity index (χ2v) is 3.55. The maximum atomic E-state index is 11.1. The van der Waals surface area contributed by atoms with Crippen LogP contribution in [0, 0.1) is 0 Å². The normalized spacial score (nSPS) is 28.6. The van der Waals surface area contributed by atoms with E-state index in [4.69, 9.17) is 14.2 Å². The molecule has 5 heteroatoms. The third kappa shape index (κ3) is 2.30. The topological polar surface area (TPSA) is 61.8 Å². The average Bonchev–Trinajstić information content (AvgIpc) is 2.60. The van der Waals surface area contributed by atoms with E-state index in [-0.39, 0.29) is 6.10 Å². The Morgan fingerprint density at radius 3 is 2.94 bits per heavy atom. The van der Waals surface area contributed by atoms with Crippen LogP contribution >= 0.6 is 0 Å². The molecule has 0 saturated carbocycles. The number of hydrogen-bond donors (Lipinski definition) is 0. The minimum atomic E-state index is -0.929. The van der Waals surface area contributed by atoms with E-state index in [1.807, 2.05) is 12.2 Å². The molecule has 0 aromatic carbocycles. The number of rotatable bonds is 2. The third-order valence-corrected chi connectivity index (χ3v) is 2.34. The first-order valence-electron chi connectivity index (χ1n) is 5.03. The molecule has 86 valence electrons. The molecule has 0 aromatic heterocycles. The fourth-order valence-electron chi connectivity index (χ4n) is 1.66. The minimum Gasteiger partial charge on any atom is -0.421 e. The van der Waals surface area contributed by atoms with Gasteiger partial charge in [-0.15, -0.1) is 0 Å². The Kier molecular flexibility index (Phi) is 3.05. The van der Waals surface area contributed by atoms with Gasteiger partial charge in [0.15, 0.2) is 0 Å². The van der Waals surface area contributed by atoms with E-state index in [2.05, 4.69) is 0 Å². The summed E-state index contributed by atoms with van der Waals surface area (Å²) in [6.07, 6.45) is 4.66. The lowest BCUT2D eigenvalue weighted by Gasteiger charge is -2.23. The van der Waals surface area contributed by atoms with Crippen molar-refractivity contribution in [2.75, 3.05) is 6.61 Å². The Morgan fingerprint density at radius 2 is 2.31 bits per heavy atom. The average molecular weight is 224 g/mol. The molecule has 0 N–H and O–H groups in total. The Balaban J connectivity index is 2.10. The maximum Gasteiger partial charge on any atom is 0.334 e. The van der Waals surface area contributed by atoms with E-state index in [1.165, 1.54) is 13.0 Å². The van der Waals surface area contributed by atoms with Gasteiger partial charge in [0.05, 0.1) is 12.7 Å². The van der Waals surface area contributed by atoms with Crippen LogP contribution in [0.2, 0.25) is 0 Å². The quantitative estimate of drug-likeness (QED) is 0.510. The zero-order chi connectivity index (χ0) is 11.5. The van der Waals surface area contributed by atoms with Crippen molar-refractivity contribution in [3.8, 4) is 0 Å². The van der Waals surface area contributed by atoms with Crippen molar-refractivity contribution in [3.63, 3.8) is 0 Å². The first-order valence-corrected chi connectivity index (χ1v) is 5.03. The molecule has 16 heavy (non-hydrogen) atoms. The summed E-state index contributed by atoms with van der Waals surface area (Å²) in [6.45, 7) is 1.76. The van der Waals surface area contributed by atoms with Gasteiger partial charge in [0.2, 0.25) is 0 Å². The van der Waals surface area contributed by atoms with Crippen LogP contribution in [0.25, 0.3) is 0 Å². The third-order valence-electron chi connectivity index (χ3n) is 2.34. The Hall–Kier alpha value is -1.62. The van der Waals surface area contributed by atoms with Crippen molar-refractivity contribution in [2.24, 2.45) is 0 Å². The van der Waals surface area contributed by atoms with Crippen LogP contribution in [0.15, 0.2) is 23.8 Å². The molecular weight excluding hydrogens is 212 g/mol. The van der Waals surface area contributed by atoms with E-state index in [1.54, 1.807) is 0 Å². The van der Waals surface area contributed by atoms with Gasteiger partial charge < -0.3 is 14.2 Å². The van der Waals surface area contributed by atoms with Crippen LogP contribution < -0.4 is 0 Å². The molecule has 2 aliphatic rings. The summed E-state index contributed by atoms with van der Waals surface area (Å²) >= 11 is 0. The number of carbonyl (C=O) groups is 2. The van der Waals surface area contributed by atoms with Crippen molar-refractivity contribution in [1.29, 1.82) is 0 Å². The van der Waals surface area contributed by atoms with Gasteiger partial charge in [0, 0.05) is 18.6 Å². The minimum absolute atomic E-state index is 0.249. The molecule has 0 spiro atoms. The standard InChI is InChI=1S/C11H12O5/c1-7(12)15-11-8(6-10(13)16-11)9-4-2-3-5-14-9/h2-3,6,9,11H,4-5H2,1H3/t9-,11-/m1/s1. The van der Waals surface area contributed by atoms with Gasteiger partial charge in [-0.25, -0.2) is 4.79 Å². The molecule has 2 heterocycles. The van der Waals surface area contributed by atoms with Gasteiger partial charge in [-0.1, -0.05) is 12.2 Å². The molecule has 0 fully saturated rings. The molecule has 0 saturated heterocycles. The molecule has 2 rings (SSSR count). The molecule has 0 aliphatic carbocycles. The largest absolute Gasteiger partial charge is 0.421 e. The predicted molar refractivity (Wildman–Crippen MR) is 53.2 cm³/mol. The highest BCUT2D eigenvalue weighted by Crippen LogP contribution is 2.26. The zero-order valence-corrected chi connectivity index (χ0v) is 8.84. The highest BCUT2D eigenvalue weighted by molar-refractivity contribution is 5.86. The second-order valence-electron chi connectivity index (χ2n) is 3.55. The van der Waals surface area contributed by atoms with Crippen LogP contribution in [0.3, 0.4) is 0 Å². The van der Waals surface area contributed by atoms with E-state index in [0.29, 0.717) is 18.6 Å². The maximum absolute atomic E-state index is 11.1. The van der Waals surface area contributed by atoms with Crippen molar-refractivity contribution in [3.05, 3.63) is 23.8 Å². The summed E-state index contributed by atoms with van der Waals surface area (Å²) in [5, 5.41) is 0. The number of cyclic esters (lactones) is 1. The molecular formula is C11H12O5. The first kappa shape index (κ1) is 10.9. The van der Waals surface area contributed by atoms with Crippen molar-refractivity contribution in [2.45, 2.75) is 25.7 Å². The predicted octanol–water partition coefficient (Wildman–Crippen LogP) is 0.704. The molecule has 5 nitrogen and oxygen atoms in total. The van der Waals surface area contributed by atoms with Crippen molar-refractivity contribution in [1.82, 2.24) is 0 Å². The van der Waals surface area contributed by atoms with Crippen LogP contribution in [0.1, 0.15) is 13.3 Å². The van der Waals surface area contributed by atoms with E-state index >= 15 is 0 Å². The van der Waals surface area contributed by atoms with Gasteiger partial charge in [-0.2, -0.15) is 0 Å². The highest BCUT2D eigenvalue weighted by Gasteiger charge is 2.34. The zero-order valence-electron chi connectivity index (χ0n) is 8.84. The fraction of sp³-hybridized carbons (Fsp3) is 0.455. The summed E-state index contributed by atoms with van der Waals surface area (Å²) in [7, 11) is 0. The number of ether oxygens (including phenoxy) is 3. The van der Waals surface area contributed by atoms with Crippen LogP contribution in [-0.2, 0) is 23.8 Å². The van der Waals surface area contributed by atoms with Gasteiger partial charge in [-0.05, 0) is 6.42 Å². The second kappa shape index (κ2) is 4.49. The Morgan fingerprint density at radius 1 is 1.50 bits per heavy atom. The van der Waals surface area contributed by atoms with Gasteiger partial charge in [0.1, 0.15) is 0 Å². The Bertz CT molecular complexity index is 369. The molecule has 0 amide bonds. The van der Waals surface area contributed by atoms with Crippen LogP contribution in [0.4, 0.5) is 0 Å². The van der Waals surface area contributed by atoms with Crippen LogP contribution in [-0.4, -0.2) is 30.9 Å². The summed E-state index contributed by atoms with van der Waals surface area (Å²) in [6, 6.07) is 0. The van der Waals surface area contributed by atoms with Crippen LogP contribution in [0.5, 0.6) is 0 Å². The Labute approximate surface area is 92.7 Å². The molecule has 0 radical (unpaired) electrons. The van der Waals surface area contributed by atoms with Crippen molar-refractivity contribution >= 4 is 11.9 Å². The number of hydrogen-bond acceptors (Lipinski definition) is 5. The molecule has 0 aromatic rings. The lowest BCUT2D eigenvalue weighted by molar-refractivity contribution is -0.173. The monoisotopic (exact) mass is 224 g/mol. The van der Waals surface area contributed by atoms with E-state index in [9.17, 15) is 9.59 Å². The summed E-state index contributed by atoms with van der Waals surface area (Å²) in [5.74, 6) is -0.989. The molecule has 2 aliphatic heterocycles. The summed E-state index contributed by atoms with van der Waals surface area (Å²) in [5.41, 5.74) is 0.574. The fourth-order valence-corrected chi connectivity index (χ4v) is 1.66. The summed E-state index contributed by atoms with van der Waals surface area (Å²) in [4.78, 5) is 22.0. The molecule has 0 bridgehead atoms. The molecule has 0 unspecified atom stereocenters. The summed E-state index contributed by atoms with van der Waals surface area (Å²) < 4.78 is 15.2. The first-order chi connectivity index (χ1) is 7.66. The lowest BCUT2D eigenvalue weighted by atomic mass is 10.1. The smallest absolute Gasteiger partial charge is 0.334 e. The van der Waals surface area contributed by atoms with Crippen molar-refractivity contribution < 1.29 is 23.8 Å². The highest BCUT2D eigenvalue weighted by atomic mass is 16.7. The SMILES string of the molecule is CC(=O)O[C@@H]1OC(=O)C=C1[C@H]1CC=CCO1. The van der Waals surface area contributed by atoms with Gasteiger partial charge in [-0.3, -0.25) is 4.79 Å². The van der Waals surface area contributed by atoms with Gasteiger partial charge in [0.25, 0.3) is 6.29 Å². The lowest BCUT2D eigenvalue weighted by Crippen LogP contribution is -2.28. The molecule has 2 atom stereocenters. The number of esters is 2. The van der Waals surface area contributed by atoms with E-state index in [0.717, 1.165) is 0 Å².